The molecular weight excluding hydrogens is 576 g/mol. The van der Waals surface area contributed by atoms with Crippen LogP contribution in [-0.2, 0) is 44.7 Å². The smallest absolute Gasteiger partial charge is 0.332 e. The Labute approximate surface area is 242 Å². The Morgan fingerprint density at radius 3 is 2.47 bits per heavy atom. The van der Waals surface area contributed by atoms with Gasteiger partial charge in [-0.1, -0.05) is 18.2 Å². The number of aryl methyl sites for hydroxylation is 1. The zero-order valence-corrected chi connectivity index (χ0v) is 22.9. The standard InChI is InChI=1S/C28H26F4N6O5/c1-16(28(30,31)32)38(12-17-3-5-19(29)6-4-17)24(40)14-37-15-43-27(25(37)41)22-8-7-20(9-18(22)10-23(27)39)34-26(42)35-21-11-33-36(2)13-21/h3-9,11,13,16H,10,12,14-15H2,1-2H3,(H2,34,35,42)/t16-,27+/m0/s1. The first-order chi connectivity index (χ1) is 20.3. The van der Waals surface area contributed by atoms with Crippen LogP contribution < -0.4 is 10.6 Å². The molecule has 2 aliphatic rings. The molecule has 5 rings (SSSR count). The van der Waals surface area contributed by atoms with E-state index in [1.807, 2.05) is 0 Å². The van der Waals surface area contributed by atoms with Gasteiger partial charge in [0.15, 0.2) is 5.78 Å². The fourth-order valence-corrected chi connectivity index (χ4v) is 5.07. The van der Waals surface area contributed by atoms with Gasteiger partial charge in [0, 0.05) is 37.5 Å². The van der Waals surface area contributed by atoms with Gasteiger partial charge in [-0.05, 0) is 42.3 Å². The lowest BCUT2D eigenvalue weighted by atomic mass is 9.94. The Kier molecular flexibility index (Phi) is 7.69. The van der Waals surface area contributed by atoms with Gasteiger partial charge in [0.25, 0.3) is 5.91 Å². The van der Waals surface area contributed by atoms with Gasteiger partial charge in [0.05, 0.1) is 11.9 Å². The van der Waals surface area contributed by atoms with E-state index in [0.29, 0.717) is 21.8 Å². The maximum Gasteiger partial charge on any atom is 0.408 e. The third-order valence-corrected chi connectivity index (χ3v) is 7.33. The summed E-state index contributed by atoms with van der Waals surface area (Å²) >= 11 is 0. The summed E-state index contributed by atoms with van der Waals surface area (Å²) < 4.78 is 61.5. The van der Waals surface area contributed by atoms with Crippen molar-refractivity contribution >= 4 is 35.0 Å². The topological polar surface area (TPSA) is 126 Å². The Bertz CT molecular complexity index is 1590. The first-order valence-corrected chi connectivity index (χ1v) is 13.0. The second kappa shape index (κ2) is 11.1. The molecule has 0 unspecified atom stereocenters. The summed E-state index contributed by atoms with van der Waals surface area (Å²) in [4.78, 5) is 53.7. The predicted octanol–water partition coefficient (Wildman–Crippen LogP) is 3.32. The molecule has 0 bridgehead atoms. The van der Waals surface area contributed by atoms with Crippen LogP contribution in [0.25, 0.3) is 0 Å². The van der Waals surface area contributed by atoms with Crippen molar-refractivity contribution in [2.45, 2.75) is 37.7 Å². The van der Waals surface area contributed by atoms with Crippen molar-refractivity contribution in [1.29, 1.82) is 0 Å². The van der Waals surface area contributed by atoms with Crippen molar-refractivity contribution < 1.29 is 41.5 Å². The molecule has 2 aromatic carbocycles. The molecule has 0 saturated carbocycles. The van der Waals surface area contributed by atoms with Crippen LogP contribution in [0.1, 0.15) is 23.6 Å². The fourth-order valence-electron chi connectivity index (χ4n) is 5.07. The normalized spacial score (nSPS) is 18.6. The number of Topliss-reactive ketones (excluding diaryl/α,β-unsaturated/α-hetero) is 1. The second-order valence-corrected chi connectivity index (χ2v) is 10.3. The van der Waals surface area contributed by atoms with Crippen molar-refractivity contribution in [3.05, 3.63) is 77.4 Å². The van der Waals surface area contributed by atoms with Crippen LogP contribution in [0.15, 0.2) is 54.9 Å². The number of nitrogens with one attached hydrogen (secondary N) is 2. The van der Waals surface area contributed by atoms with Gasteiger partial charge in [-0.3, -0.25) is 19.1 Å². The van der Waals surface area contributed by atoms with Gasteiger partial charge in [-0.25, -0.2) is 9.18 Å². The number of aromatic nitrogens is 2. The lowest BCUT2D eigenvalue weighted by Crippen LogP contribution is -2.51. The molecule has 11 nitrogen and oxygen atoms in total. The molecule has 1 spiro atoms. The SMILES string of the molecule is C[C@H](N(Cc1ccc(F)cc1)C(=O)CN1CO[C@]2(C(=O)Cc3cc(NC(=O)Nc4cnn(C)c4)ccc32)C1=O)C(F)(F)F. The van der Waals surface area contributed by atoms with E-state index >= 15 is 0 Å². The number of fused-ring (bicyclic) bond motifs is 2. The molecule has 0 radical (unpaired) electrons. The highest BCUT2D eigenvalue weighted by Gasteiger charge is 2.59. The molecule has 1 aliphatic carbocycles. The zero-order chi connectivity index (χ0) is 31.1. The van der Waals surface area contributed by atoms with E-state index in [1.54, 1.807) is 13.2 Å². The van der Waals surface area contributed by atoms with Gasteiger partial charge < -0.3 is 25.2 Å². The highest BCUT2D eigenvalue weighted by molar-refractivity contribution is 6.15. The molecule has 1 fully saturated rings. The monoisotopic (exact) mass is 602 g/mol. The molecule has 15 heteroatoms. The number of ether oxygens (including phenoxy) is 1. The van der Waals surface area contributed by atoms with Gasteiger partial charge in [-0.15, -0.1) is 0 Å². The third kappa shape index (κ3) is 5.80. The number of urea groups is 1. The number of hydrogen-bond acceptors (Lipinski definition) is 6. The van der Waals surface area contributed by atoms with E-state index in [4.69, 9.17) is 4.74 Å². The van der Waals surface area contributed by atoms with Crippen LogP contribution in [0, 0.1) is 5.82 Å². The van der Waals surface area contributed by atoms with E-state index < -0.39 is 67.1 Å². The molecule has 226 valence electrons. The molecule has 1 saturated heterocycles. The maximum atomic E-state index is 13.7. The molecular formula is C28H26F4N6O5. The number of carbonyl (C=O) groups excluding carboxylic acids is 4. The lowest BCUT2D eigenvalue weighted by Gasteiger charge is -2.32. The number of benzene rings is 2. The van der Waals surface area contributed by atoms with Gasteiger partial charge in [0.2, 0.25) is 11.5 Å². The van der Waals surface area contributed by atoms with E-state index in [2.05, 4.69) is 15.7 Å². The molecule has 1 aliphatic heterocycles. The zero-order valence-electron chi connectivity index (χ0n) is 22.9. The predicted molar refractivity (Wildman–Crippen MR) is 143 cm³/mol. The molecule has 4 amide bonds. The van der Waals surface area contributed by atoms with Crippen molar-refractivity contribution in [2.24, 2.45) is 7.05 Å². The fraction of sp³-hybridized carbons (Fsp3) is 0.321. The number of alkyl halides is 3. The first kappa shape index (κ1) is 29.7. The number of rotatable bonds is 7. The highest BCUT2D eigenvalue weighted by Crippen LogP contribution is 2.43. The van der Waals surface area contributed by atoms with Crippen LogP contribution in [0.4, 0.5) is 33.7 Å². The minimum atomic E-state index is -4.77. The summed E-state index contributed by atoms with van der Waals surface area (Å²) in [6.45, 7) is -0.961. The largest absolute Gasteiger partial charge is 0.408 e. The van der Waals surface area contributed by atoms with Crippen molar-refractivity contribution in [3.8, 4) is 0 Å². The summed E-state index contributed by atoms with van der Waals surface area (Å²) in [7, 11) is 1.69. The van der Waals surface area contributed by atoms with Crippen LogP contribution in [0.3, 0.4) is 0 Å². The molecule has 3 aromatic rings. The second-order valence-electron chi connectivity index (χ2n) is 10.3. The summed E-state index contributed by atoms with van der Waals surface area (Å²) in [6, 6.07) is 6.32. The van der Waals surface area contributed by atoms with Gasteiger partial charge in [-0.2, -0.15) is 18.3 Å². The minimum absolute atomic E-state index is 0.204. The minimum Gasteiger partial charge on any atom is -0.332 e. The van der Waals surface area contributed by atoms with E-state index in [-0.39, 0.29) is 17.5 Å². The maximum absolute atomic E-state index is 13.7. The highest BCUT2D eigenvalue weighted by atomic mass is 19.4. The Morgan fingerprint density at radius 2 is 1.81 bits per heavy atom. The summed E-state index contributed by atoms with van der Waals surface area (Å²) in [5, 5.41) is 9.19. The number of anilines is 2. The number of amides is 4. The summed E-state index contributed by atoms with van der Waals surface area (Å²) in [5.41, 5.74) is -0.374. The molecule has 1 aromatic heterocycles. The lowest BCUT2D eigenvalue weighted by molar-refractivity contribution is -0.187. The summed E-state index contributed by atoms with van der Waals surface area (Å²) in [5.74, 6) is -3.10. The van der Waals surface area contributed by atoms with Crippen LogP contribution in [-0.4, -0.2) is 68.7 Å². The Morgan fingerprint density at radius 1 is 1.12 bits per heavy atom. The summed E-state index contributed by atoms with van der Waals surface area (Å²) in [6.07, 6.45) is -1.93. The Balaban J connectivity index is 1.31. The molecule has 2 heterocycles. The van der Waals surface area contributed by atoms with E-state index in [9.17, 15) is 36.7 Å². The van der Waals surface area contributed by atoms with Gasteiger partial charge >= 0.3 is 12.2 Å². The van der Waals surface area contributed by atoms with Crippen molar-refractivity contribution in [1.82, 2.24) is 19.6 Å². The average Bonchev–Trinajstić information content (AvgIpc) is 3.58. The first-order valence-electron chi connectivity index (χ1n) is 13.0. The van der Waals surface area contributed by atoms with E-state index in [0.717, 1.165) is 24.0 Å². The molecule has 43 heavy (non-hydrogen) atoms. The van der Waals surface area contributed by atoms with E-state index in [1.165, 1.54) is 41.2 Å². The molecule has 2 N–H and O–H groups in total. The quantitative estimate of drug-likeness (QED) is 0.316. The number of carbonyl (C=O) groups is 4. The van der Waals surface area contributed by atoms with Crippen molar-refractivity contribution in [3.63, 3.8) is 0 Å². The van der Waals surface area contributed by atoms with Crippen LogP contribution >= 0.6 is 0 Å². The van der Waals surface area contributed by atoms with Gasteiger partial charge in [0.1, 0.15) is 25.1 Å². The van der Waals surface area contributed by atoms with Crippen LogP contribution in [0.5, 0.6) is 0 Å². The average molecular weight is 603 g/mol. The number of nitrogens with zero attached hydrogens (tertiary/aromatic N) is 4. The van der Waals surface area contributed by atoms with Crippen molar-refractivity contribution in [2.75, 3.05) is 23.9 Å². The van der Waals surface area contributed by atoms with Crippen LogP contribution in [0.2, 0.25) is 0 Å². The number of ketones is 1. The molecule has 2 atom stereocenters. The number of halogens is 4. The third-order valence-electron chi connectivity index (χ3n) is 7.33. The number of hydrogen-bond donors (Lipinski definition) is 2. The Hall–Kier alpha value is -4.79.